The Bertz CT molecular complexity index is 2060. The van der Waals surface area contributed by atoms with E-state index < -0.39 is 0 Å². The number of rotatable bonds is 14. The Labute approximate surface area is 303 Å². The van der Waals surface area contributed by atoms with Crippen LogP contribution in [0.4, 0.5) is 17.1 Å². The zero-order valence-corrected chi connectivity index (χ0v) is 31.2. The van der Waals surface area contributed by atoms with Gasteiger partial charge in [0.05, 0.1) is 39.9 Å². The molecule has 0 radical (unpaired) electrons. The van der Waals surface area contributed by atoms with Crippen LogP contribution in [-0.4, -0.2) is 54.2 Å². The quantitative estimate of drug-likeness (QED) is 0.0395. The summed E-state index contributed by atoms with van der Waals surface area (Å²) in [6.45, 7) is 9.58. The predicted octanol–water partition coefficient (Wildman–Crippen LogP) is 7.64. The Hall–Kier alpha value is -4.51. The summed E-state index contributed by atoms with van der Waals surface area (Å²) in [5.41, 5.74) is 16.3. The first-order valence-corrected chi connectivity index (χ1v) is 17.3. The number of carbonyl (C=O) groups is 2. The third-order valence-electron chi connectivity index (χ3n) is 9.44. The number of nitrogens with two attached hydrogens (primary N) is 2. The fourth-order valence-corrected chi connectivity index (χ4v) is 7.15. The summed E-state index contributed by atoms with van der Waals surface area (Å²) >= 11 is 13.4. The number of fused-ring (bicyclic) bond motifs is 1. The van der Waals surface area contributed by atoms with Crippen LogP contribution < -0.4 is 26.2 Å². The van der Waals surface area contributed by atoms with Gasteiger partial charge < -0.3 is 24.9 Å². The minimum Gasteiger partial charge on any atom is -0.494 e. The van der Waals surface area contributed by atoms with E-state index in [1.165, 1.54) is 5.01 Å². The number of ether oxygens (including phenoxy) is 1. The molecule has 0 bridgehead atoms. The molecule has 0 aliphatic rings. The molecule has 0 unspecified atom stereocenters. The molecular formula is C38H45Cl2N7O3. The number of carbonyl (C=O) groups excluding carboxylic acids is 2. The molecule has 4 N–H and O–H groups in total. The smallest absolute Gasteiger partial charge is 0.166 e. The third kappa shape index (κ3) is 7.06. The summed E-state index contributed by atoms with van der Waals surface area (Å²) in [4.78, 5) is 26.8. The number of nitrogen functional groups attached to an aromatic ring is 1. The minimum atomic E-state index is 0.332. The Balaban J connectivity index is 1.50. The summed E-state index contributed by atoms with van der Waals surface area (Å²) in [6.07, 6.45) is 3.70. The number of nitrogens with zero attached hydrogens (tertiary/aromatic N) is 5. The van der Waals surface area contributed by atoms with Gasteiger partial charge in [0.2, 0.25) is 0 Å². The number of hydrogen-bond donors (Lipinski definition) is 2. The molecule has 2 heterocycles. The van der Waals surface area contributed by atoms with Crippen LogP contribution in [0.2, 0.25) is 10.0 Å². The lowest BCUT2D eigenvalue weighted by Gasteiger charge is -2.24. The molecule has 264 valence electrons. The van der Waals surface area contributed by atoms with Gasteiger partial charge in [0.1, 0.15) is 5.75 Å². The van der Waals surface area contributed by atoms with Gasteiger partial charge in [-0.2, -0.15) is 5.10 Å². The van der Waals surface area contributed by atoms with Crippen LogP contribution in [0.1, 0.15) is 61.8 Å². The van der Waals surface area contributed by atoms with Gasteiger partial charge >= 0.3 is 0 Å². The molecule has 0 fully saturated rings. The summed E-state index contributed by atoms with van der Waals surface area (Å²) in [5, 5.41) is 8.40. The highest BCUT2D eigenvalue weighted by molar-refractivity contribution is 6.35. The lowest BCUT2D eigenvalue weighted by atomic mass is 9.98. The van der Waals surface area contributed by atoms with E-state index in [0.717, 1.165) is 79.1 Å². The maximum atomic E-state index is 13.0. The van der Waals surface area contributed by atoms with Crippen LogP contribution in [-0.2, 0) is 20.0 Å². The zero-order chi connectivity index (χ0) is 36.4. The van der Waals surface area contributed by atoms with Gasteiger partial charge in [0.25, 0.3) is 0 Å². The Kier molecular flexibility index (Phi) is 11.2. The molecule has 0 saturated heterocycles. The van der Waals surface area contributed by atoms with E-state index in [1.54, 1.807) is 13.1 Å². The summed E-state index contributed by atoms with van der Waals surface area (Å²) in [7, 11) is 5.55. The molecule has 5 rings (SSSR count). The monoisotopic (exact) mass is 717 g/mol. The van der Waals surface area contributed by atoms with Gasteiger partial charge in [0, 0.05) is 72.7 Å². The first kappa shape index (κ1) is 36.8. The topological polar surface area (TPSA) is 125 Å². The Morgan fingerprint density at radius 2 is 1.66 bits per heavy atom. The van der Waals surface area contributed by atoms with Crippen molar-refractivity contribution < 1.29 is 14.3 Å². The fourth-order valence-electron chi connectivity index (χ4n) is 6.79. The Morgan fingerprint density at radius 3 is 2.26 bits per heavy atom. The first-order chi connectivity index (χ1) is 23.8. The molecule has 0 saturated carbocycles. The highest BCUT2D eigenvalue weighted by Gasteiger charge is 2.25. The standard InChI is InChI=1S/C38H45Cl2N7O3/c1-22-16-28(17-23(2)36(22)40)50-15-8-10-29-30-11-12-31(39)35(34-24(3)43-46(7)25(34)4)38(30)47(33(29)21-49)14-9-13-44(5)27-18-26(20-48)37(41)32(19-27)45(6)42/h11-12,16-21H,8-10,13-15,41-42H2,1-7H3. The molecule has 10 nitrogen and oxygen atoms in total. The van der Waals surface area contributed by atoms with E-state index >= 15 is 0 Å². The van der Waals surface area contributed by atoms with Crippen LogP contribution in [0.5, 0.6) is 5.75 Å². The van der Waals surface area contributed by atoms with Crippen molar-refractivity contribution in [1.82, 2.24) is 14.3 Å². The molecule has 0 aliphatic carbocycles. The van der Waals surface area contributed by atoms with Crippen molar-refractivity contribution >= 4 is 63.7 Å². The highest BCUT2D eigenvalue weighted by atomic mass is 35.5. The average Bonchev–Trinajstić information content (AvgIpc) is 3.51. The van der Waals surface area contributed by atoms with Gasteiger partial charge in [-0.25, -0.2) is 5.84 Å². The van der Waals surface area contributed by atoms with E-state index in [0.29, 0.717) is 66.6 Å². The van der Waals surface area contributed by atoms with E-state index in [1.807, 2.05) is 81.7 Å². The largest absolute Gasteiger partial charge is 0.494 e. The predicted molar refractivity (Wildman–Crippen MR) is 205 cm³/mol. The summed E-state index contributed by atoms with van der Waals surface area (Å²) < 4.78 is 10.1. The average molecular weight is 719 g/mol. The van der Waals surface area contributed by atoms with E-state index in [-0.39, 0.29) is 0 Å². The second-order valence-electron chi connectivity index (χ2n) is 12.9. The lowest BCUT2D eigenvalue weighted by molar-refractivity contribution is 0.111. The van der Waals surface area contributed by atoms with Gasteiger partial charge in [-0.15, -0.1) is 0 Å². The molecule has 2 aromatic heterocycles. The number of anilines is 3. The SMILES string of the molecule is Cc1cc(OCCCc2c(C=O)n(CCCN(C)c3cc(C=O)c(N)c(N(C)N)c3)c3c(-c4c(C)nn(C)c4C)c(Cl)ccc23)cc(C)c1Cl. The van der Waals surface area contributed by atoms with Crippen molar-refractivity contribution in [3.8, 4) is 16.9 Å². The number of benzene rings is 3. The van der Waals surface area contributed by atoms with Crippen molar-refractivity contribution in [1.29, 1.82) is 0 Å². The van der Waals surface area contributed by atoms with Gasteiger partial charge in [-0.05, 0) is 94.0 Å². The van der Waals surface area contributed by atoms with Gasteiger partial charge in [-0.1, -0.05) is 29.3 Å². The minimum absolute atomic E-state index is 0.332. The van der Waals surface area contributed by atoms with Crippen molar-refractivity contribution in [2.45, 2.75) is 53.5 Å². The van der Waals surface area contributed by atoms with Crippen LogP contribution in [0.25, 0.3) is 22.0 Å². The maximum Gasteiger partial charge on any atom is 0.166 e. The molecule has 50 heavy (non-hydrogen) atoms. The molecular weight excluding hydrogens is 673 g/mol. The number of aldehydes is 2. The van der Waals surface area contributed by atoms with Gasteiger partial charge in [0.15, 0.2) is 12.6 Å². The van der Waals surface area contributed by atoms with Crippen LogP contribution in [0, 0.1) is 27.7 Å². The van der Waals surface area contributed by atoms with Crippen molar-refractivity contribution in [3.63, 3.8) is 0 Å². The number of aryl methyl sites for hydroxylation is 6. The lowest BCUT2D eigenvalue weighted by Crippen LogP contribution is -2.27. The molecule has 3 aromatic carbocycles. The fraction of sp³-hybridized carbons (Fsp3) is 0.342. The third-order valence-corrected chi connectivity index (χ3v) is 10.4. The molecule has 0 aliphatic heterocycles. The van der Waals surface area contributed by atoms with E-state index in [4.69, 9.17) is 39.5 Å². The van der Waals surface area contributed by atoms with E-state index in [9.17, 15) is 9.59 Å². The molecule has 0 amide bonds. The second kappa shape index (κ2) is 15.2. The zero-order valence-electron chi connectivity index (χ0n) is 29.7. The summed E-state index contributed by atoms with van der Waals surface area (Å²) in [6, 6.07) is 11.4. The van der Waals surface area contributed by atoms with Crippen molar-refractivity contribution in [3.05, 3.63) is 85.8 Å². The number of hydrogen-bond acceptors (Lipinski definition) is 8. The van der Waals surface area contributed by atoms with Crippen LogP contribution in [0.15, 0.2) is 36.4 Å². The first-order valence-electron chi connectivity index (χ1n) is 16.6. The Morgan fingerprint density at radius 1 is 0.960 bits per heavy atom. The molecule has 5 aromatic rings. The van der Waals surface area contributed by atoms with Crippen LogP contribution in [0.3, 0.4) is 0 Å². The van der Waals surface area contributed by atoms with E-state index in [2.05, 4.69) is 9.67 Å². The highest BCUT2D eigenvalue weighted by Crippen LogP contribution is 2.42. The maximum absolute atomic E-state index is 13.0. The van der Waals surface area contributed by atoms with Crippen LogP contribution >= 0.6 is 23.2 Å². The second-order valence-corrected chi connectivity index (χ2v) is 13.7. The van der Waals surface area contributed by atoms with Crippen molar-refractivity contribution in [2.24, 2.45) is 12.9 Å². The normalized spacial score (nSPS) is 11.3. The summed E-state index contributed by atoms with van der Waals surface area (Å²) in [5.74, 6) is 6.78. The molecule has 0 spiro atoms. The van der Waals surface area contributed by atoms with Crippen molar-refractivity contribution in [2.75, 3.05) is 42.9 Å². The van der Waals surface area contributed by atoms with Gasteiger partial charge in [-0.3, -0.25) is 14.3 Å². The number of halogens is 2. The number of hydrazine groups is 1. The number of aromatic nitrogens is 3. The molecule has 12 heteroatoms. The molecule has 0 atom stereocenters.